The molecule has 0 saturated heterocycles. The third kappa shape index (κ3) is 4.95. The van der Waals surface area contributed by atoms with Gasteiger partial charge in [0.15, 0.2) is 5.96 Å². The smallest absolute Gasteiger partial charge is 0.267 e. The number of aromatic nitrogens is 1. The van der Waals surface area contributed by atoms with Gasteiger partial charge in [-0.2, -0.15) is 0 Å². The second kappa shape index (κ2) is 8.03. The van der Waals surface area contributed by atoms with Crippen LogP contribution < -0.4 is 16.8 Å². The number of guanidine groups is 1. The van der Waals surface area contributed by atoms with E-state index in [0.29, 0.717) is 18.5 Å². The molecule has 110 valence electrons. The van der Waals surface area contributed by atoms with Crippen LogP contribution in [0.25, 0.3) is 0 Å². The van der Waals surface area contributed by atoms with E-state index in [1.165, 1.54) is 12.8 Å². The Kier molecular flexibility index (Phi) is 6.69. The van der Waals surface area contributed by atoms with Gasteiger partial charge in [0.1, 0.15) is 5.69 Å². The van der Waals surface area contributed by atoms with E-state index in [2.05, 4.69) is 15.3 Å². The summed E-state index contributed by atoms with van der Waals surface area (Å²) in [6, 6.07) is 3.83. The lowest BCUT2D eigenvalue weighted by Crippen LogP contribution is -2.38. The number of hydrogen-bond acceptors (Lipinski definition) is 3. The summed E-state index contributed by atoms with van der Waals surface area (Å²) in [6.07, 6.45) is 6.41. The summed E-state index contributed by atoms with van der Waals surface area (Å²) in [5.41, 5.74) is 12.1. The zero-order chi connectivity index (χ0) is 13.7. The summed E-state index contributed by atoms with van der Waals surface area (Å²) in [6.45, 7) is 0.442. The molecule has 20 heavy (non-hydrogen) atoms. The van der Waals surface area contributed by atoms with E-state index in [4.69, 9.17) is 11.5 Å². The maximum Gasteiger partial charge on any atom is 0.267 e. The van der Waals surface area contributed by atoms with Gasteiger partial charge < -0.3 is 16.8 Å². The predicted molar refractivity (Wildman–Crippen MR) is 88.9 cm³/mol. The Morgan fingerprint density at radius 1 is 1.35 bits per heavy atom. The van der Waals surface area contributed by atoms with Crippen LogP contribution in [-0.2, 0) is 6.54 Å². The maximum atomic E-state index is 10.9. The third-order valence-electron chi connectivity index (χ3n) is 3.22. The van der Waals surface area contributed by atoms with Gasteiger partial charge in [-0.15, -0.1) is 24.0 Å². The highest BCUT2D eigenvalue weighted by atomic mass is 127. The standard InChI is InChI=1S/C13H19N5O.HI/c14-12(19)11-6-5-9(7-16-11)8-17-13(15)18-10-3-1-2-4-10;/h5-7,10H,1-4,8H2,(H2,14,19)(H3,15,17,18);1H. The highest BCUT2D eigenvalue weighted by Gasteiger charge is 2.14. The van der Waals surface area contributed by atoms with Gasteiger partial charge >= 0.3 is 0 Å². The number of carbonyl (C=O) groups excluding carboxylic acids is 1. The second-order valence-corrected chi connectivity index (χ2v) is 4.74. The molecule has 1 fully saturated rings. The Morgan fingerprint density at radius 2 is 2.05 bits per heavy atom. The van der Waals surface area contributed by atoms with E-state index in [0.717, 1.165) is 18.4 Å². The van der Waals surface area contributed by atoms with E-state index in [-0.39, 0.29) is 29.7 Å². The molecule has 1 aromatic rings. The van der Waals surface area contributed by atoms with Gasteiger partial charge in [-0.05, 0) is 24.5 Å². The van der Waals surface area contributed by atoms with Crippen molar-refractivity contribution < 1.29 is 4.79 Å². The number of rotatable bonds is 4. The molecule has 5 N–H and O–H groups in total. The lowest BCUT2D eigenvalue weighted by molar-refractivity contribution is 0.0995. The van der Waals surface area contributed by atoms with E-state index < -0.39 is 5.91 Å². The molecule has 1 aliphatic rings. The average Bonchev–Trinajstić information content (AvgIpc) is 2.89. The Bertz CT molecular complexity index is 468. The minimum Gasteiger partial charge on any atom is -0.370 e. The summed E-state index contributed by atoms with van der Waals surface area (Å²) < 4.78 is 0. The van der Waals surface area contributed by atoms with Gasteiger partial charge in [0.2, 0.25) is 0 Å². The molecule has 6 nitrogen and oxygen atoms in total. The lowest BCUT2D eigenvalue weighted by atomic mass is 10.2. The molecule has 2 rings (SSSR count). The van der Waals surface area contributed by atoms with Crippen molar-refractivity contribution in [3.63, 3.8) is 0 Å². The number of halogens is 1. The quantitative estimate of drug-likeness (QED) is 0.408. The maximum absolute atomic E-state index is 10.9. The first kappa shape index (κ1) is 16.7. The number of carbonyl (C=O) groups is 1. The zero-order valence-corrected chi connectivity index (χ0v) is 13.5. The van der Waals surface area contributed by atoms with E-state index in [1.807, 2.05) is 0 Å². The Hall–Kier alpha value is -1.38. The molecule has 0 bridgehead atoms. The molecule has 0 spiro atoms. The fourth-order valence-electron chi connectivity index (χ4n) is 2.17. The van der Waals surface area contributed by atoms with Crippen LogP contribution in [0.15, 0.2) is 23.3 Å². The molecule has 0 aliphatic heterocycles. The third-order valence-corrected chi connectivity index (χ3v) is 3.22. The fourth-order valence-corrected chi connectivity index (χ4v) is 2.17. The number of nitrogens with one attached hydrogen (secondary N) is 1. The molecular weight excluding hydrogens is 369 g/mol. The van der Waals surface area contributed by atoms with Gasteiger partial charge in [0.05, 0.1) is 6.54 Å². The highest BCUT2D eigenvalue weighted by molar-refractivity contribution is 14.0. The van der Waals surface area contributed by atoms with Crippen molar-refractivity contribution in [3.8, 4) is 0 Å². The molecule has 0 radical (unpaired) electrons. The van der Waals surface area contributed by atoms with Crippen molar-refractivity contribution >= 4 is 35.8 Å². The van der Waals surface area contributed by atoms with Crippen molar-refractivity contribution in [2.75, 3.05) is 0 Å². The minimum atomic E-state index is -0.530. The Balaban J connectivity index is 0.00000200. The Morgan fingerprint density at radius 3 is 2.60 bits per heavy atom. The molecule has 1 aromatic heterocycles. The second-order valence-electron chi connectivity index (χ2n) is 4.74. The molecule has 7 heteroatoms. The zero-order valence-electron chi connectivity index (χ0n) is 11.2. The van der Waals surface area contributed by atoms with Crippen LogP contribution in [0, 0.1) is 0 Å². The fraction of sp³-hybridized carbons (Fsp3) is 0.462. The van der Waals surface area contributed by atoms with E-state index in [9.17, 15) is 4.79 Å². The van der Waals surface area contributed by atoms with E-state index in [1.54, 1.807) is 18.3 Å². The number of pyridine rings is 1. The molecule has 1 amide bonds. The van der Waals surface area contributed by atoms with Crippen LogP contribution >= 0.6 is 24.0 Å². The van der Waals surface area contributed by atoms with Gasteiger partial charge in [-0.25, -0.2) is 4.99 Å². The topological polar surface area (TPSA) is 106 Å². The van der Waals surface area contributed by atoms with Crippen LogP contribution in [0.3, 0.4) is 0 Å². The van der Waals surface area contributed by atoms with Gasteiger partial charge in [0.25, 0.3) is 5.91 Å². The summed E-state index contributed by atoms with van der Waals surface area (Å²) in [5, 5.41) is 3.21. The highest BCUT2D eigenvalue weighted by Crippen LogP contribution is 2.17. The summed E-state index contributed by atoms with van der Waals surface area (Å²) in [5.74, 6) is -0.0663. The van der Waals surface area contributed by atoms with Crippen molar-refractivity contribution in [3.05, 3.63) is 29.6 Å². The van der Waals surface area contributed by atoms with Gasteiger partial charge in [-0.3, -0.25) is 9.78 Å². The van der Waals surface area contributed by atoms with Crippen LogP contribution in [0.5, 0.6) is 0 Å². The van der Waals surface area contributed by atoms with Gasteiger partial charge in [-0.1, -0.05) is 18.9 Å². The number of nitrogens with two attached hydrogens (primary N) is 2. The van der Waals surface area contributed by atoms with Gasteiger partial charge in [0, 0.05) is 12.2 Å². The Labute approximate surface area is 135 Å². The average molecular weight is 389 g/mol. The molecule has 0 unspecified atom stereocenters. The van der Waals surface area contributed by atoms with Crippen LogP contribution in [0.2, 0.25) is 0 Å². The number of nitrogens with zero attached hydrogens (tertiary/aromatic N) is 2. The lowest BCUT2D eigenvalue weighted by Gasteiger charge is -2.12. The first-order valence-electron chi connectivity index (χ1n) is 6.46. The summed E-state index contributed by atoms with van der Waals surface area (Å²) in [4.78, 5) is 19.1. The van der Waals surface area contributed by atoms with Crippen LogP contribution in [0.1, 0.15) is 41.7 Å². The number of hydrogen-bond donors (Lipinski definition) is 3. The molecule has 0 atom stereocenters. The van der Waals surface area contributed by atoms with Crippen molar-refractivity contribution in [1.29, 1.82) is 0 Å². The summed E-state index contributed by atoms with van der Waals surface area (Å²) in [7, 11) is 0. The van der Waals surface area contributed by atoms with Crippen molar-refractivity contribution in [1.82, 2.24) is 10.3 Å². The van der Waals surface area contributed by atoms with Crippen LogP contribution in [0.4, 0.5) is 0 Å². The van der Waals surface area contributed by atoms with Crippen molar-refractivity contribution in [2.45, 2.75) is 38.3 Å². The molecule has 1 saturated carbocycles. The monoisotopic (exact) mass is 389 g/mol. The number of primary amides is 1. The first-order valence-corrected chi connectivity index (χ1v) is 6.46. The predicted octanol–water partition coefficient (Wildman–Crippen LogP) is 1.15. The molecule has 1 aliphatic carbocycles. The normalized spacial score (nSPS) is 15.7. The minimum absolute atomic E-state index is 0. The van der Waals surface area contributed by atoms with E-state index >= 15 is 0 Å². The number of amides is 1. The number of aliphatic imine (C=N–C) groups is 1. The molecule has 1 heterocycles. The summed E-state index contributed by atoms with van der Waals surface area (Å²) >= 11 is 0. The van der Waals surface area contributed by atoms with Crippen LogP contribution in [-0.4, -0.2) is 22.9 Å². The SMILES string of the molecule is I.NC(=O)c1ccc(CN=C(N)NC2CCCC2)cn1. The molecule has 0 aromatic carbocycles. The largest absolute Gasteiger partial charge is 0.370 e. The van der Waals surface area contributed by atoms with Crippen molar-refractivity contribution in [2.24, 2.45) is 16.5 Å². The first-order chi connectivity index (χ1) is 9.15. The molecular formula is C13H20IN5O.